The predicted octanol–water partition coefficient (Wildman–Crippen LogP) is 3.18. The van der Waals surface area contributed by atoms with Crippen LogP contribution in [0.2, 0.25) is 0 Å². The molecule has 0 spiro atoms. The second-order valence-electron chi connectivity index (χ2n) is 6.58. The first kappa shape index (κ1) is 18.6. The molecule has 138 valence electrons. The second kappa shape index (κ2) is 8.96. The normalized spacial score (nSPS) is 15.6. The number of benzene rings is 1. The molecule has 0 saturated carbocycles. The summed E-state index contributed by atoms with van der Waals surface area (Å²) in [6.07, 6.45) is 2.21. The number of nitrogens with zero attached hydrogens (tertiary/aromatic N) is 1. The van der Waals surface area contributed by atoms with Crippen LogP contribution < -0.4 is 5.32 Å². The lowest BCUT2D eigenvalue weighted by atomic mass is 9.96. The lowest BCUT2D eigenvalue weighted by Crippen LogP contribution is -2.38. The number of carbonyl (C=O) groups excluding carboxylic acids is 2. The summed E-state index contributed by atoms with van der Waals surface area (Å²) < 4.78 is 4.66. The molecule has 1 N–H and O–H groups in total. The molecule has 2 heterocycles. The maximum Gasteiger partial charge on any atom is 0.337 e. The molecule has 1 aromatic heterocycles. The molecule has 0 unspecified atom stereocenters. The van der Waals surface area contributed by atoms with Gasteiger partial charge in [0.25, 0.3) is 5.91 Å². The standard InChI is InChI=1S/C20H24N2O3S/c1-25-20(24)17-6-4-16(5-7-17)19(23)21-13-15-8-10-22(11-9-15)14-18-3-2-12-26-18/h2-7,12,15H,8-11,13-14H2,1H3,(H,21,23). The van der Waals surface area contributed by atoms with Crippen molar-refractivity contribution >= 4 is 23.2 Å². The molecule has 5 nitrogen and oxygen atoms in total. The summed E-state index contributed by atoms with van der Waals surface area (Å²) in [5.41, 5.74) is 1.01. The van der Waals surface area contributed by atoms with E-state index in [1.54, 1.807) is 35.6 Å². The highest BCUT2D eigenvalue weighted by atomic mass is 32.1. The van der Waals surface area contributed by atoms with Crippen LogP contribution >= 0.6 is 11.3 Å². The average molecular weight is 372 g/mol. The van der Waals surface area contributed by atoms with Gasteiger partial charge in [0.15, 0.2) is 0 Å². The van der Waals surface area contributed by atoms with Gasteiger partial charge in [-0.05, 0) is 67.6 Å². The summed E-state index contributed by atoms with van der Waals surface area (Å²) in [7, 11) is 1.34. The number of carbonyl (C=O) groups is 2. The van der Waals surface area contributed by atoms with Crippen molar-refractivity contribution in [1.29, 1.82) is 0 Å². The summed E-state index contributed by atoms with van der Waals surface area (Å²) in [6.45, 7) is 3.88. The van der Waals surface area contributed by atoms with Gasteiger partial charge >= 0.3 is 5.97 Å². The summed E-state index contributed by atoms with van der Waals surface area (Å²) in [5, 5.41) is 5.14. The zero-order chi connectivity index (χ0) is 18.4. The van der Waals surface area contributed by atoms with Crippen molar-refractivity contribution in [1.82, 2.24) is 10.2 Å². The van der Waals surface area contributed by atoms with E-state index in [4.69, 9.17) is 0 Å². The van der Waals surface area contributed by atoms with E-state index in [1.165, 1.54) is 12.0 Å². The van der Waals surface area contributed by atoms with E-state index in [0.717, 1.165) is 32.5 Å². The Labute approximate surface area is 158 Å². The first-order valence-electron chi connectivity index (χ1n) is 8.87. The molecule has 2 aromatic rings. The number of nitrogens with one attached hydrogen (secondary N) is 1. The van der Waals surface area contributed by atoms with Crippen molar-refractivity contribution in [3.63, 3.8) is 0 Å². The zero-order valence-corrected chi connectivity index (χ0v) is 15.8. The first-order chi connectivity index (χ1) is 12.7. The smallest absolute Gasteiger partial charge is 0.337 e. The zero-order valence-electron chi connectivity index (χ0n) is 14.9. The van der Waals surface area contributed by atoms with Crippen molar-refractivity contribution in [2.24, 2.45) is 5.92 Å². The van der Waals surface area contributed by atoms with E-state index in [0.29, 0.717) is 23.6 Å². The van der Waals surface area contributed by atoms with Gasteiger partial charge < -0.3 is 10.1 Å². The minimum absolute atomic E-state index is 0.0950. The van der Waals surface area contributed by atoms with Gasteiger partial charge in [-0.1, -0.05) is 6.07 Å². The van der Waals surface area contributed by atoms with Gasteiger partial charge in [0.05, 0.1) is 12.7 Å². The summed E-state index contributed by atoms with van der Waals surface area (Å²) in [6, 6.07) is 10.8. The fourth-order valence-electron chi connectivity index (χ4n) is 3.19. The fourth-order valence-corrected chi connectivity index (χ4v) is 3.93. The van der Waals surface area contributed by atoms with Crippen LogP contribution in [-0.4, -0.2) is 43.5 Å². The Morgan fingerprint density at radius 1 is 1.15 bits per heavy atom. The van der Waals surface area contributed by atoms with E-state index >= 15 is 0 Å². The molecule has 1 saturated heterocycles. The monoisotopic (exact) mass is 372 g/mol. The van der Waals surface area contributed by atoms with Gasteiger partial charge in [0.1, 0.15) is 0 Å². The fraction of sp³-hybridized carbons (Fsp3) is 0.400. The van der Waals surface area contributed by atoms with Crippen LogP contribution in [0.1, 0.15) is 38.4 Å². The van der Waals surface area contributed by atoms with Crippen molar-refractivity contribution in [2.45, 2.75) is 19.4 Å². The van der Waals surface area contributed by atoms with Crippen molar-refractivity contribution in [3.05, 3.63) is 57.8 Å². The molecule has 1 aromatic carbocycles. The Bertz CT molecular complexity index is 720. The largest absolute Gasteiger partial charge is 0.465 e. The van der Waals surface area contributed by atoms with Crippen LogP contribution in [0.25, 0.3) is 0 Å². The molecular weight excluding hydrogens is 348 g/mol. The Morgan fingerprint density at radius 2 is 1.85 bits per heavy atom. The average Bonchev–Trinajstić information content (AvgIpc) is 3.19. The Morgan fingerprint density at radius 3 is 2.46 bits per heavy atom. The number of thiophene rings is 1. The number of ether oxygens (including phenoxy) is 1. The van der Waals surface area contributed by atoms with Crippen molar-refractivity contribution in [3.8, 4) is 0 Å². The van der Waals surface area contributed by atoms with E-state index in [9.17, 15) is 9.59 Å². The molecule has 1 amide bonds. The number of rotatable bonds is 6. The number of methoxy groups -OCH3 is 1. The first-order valence-corrected chi connectivity index (χ1v) is 9.75. The molecule has 3 rings (SSSR count). The number of amides is 1. The summed E-state index contributed by atoms with van der Waals surface area (Å²) in [4.78, 5) is 27.6. The quantitative estimate of drug-likeness (QED) is 0.792. The molecular formula is C20H24N2O3S. The summed E-state index contributed by atoms with van der Waals surface area (Å²) in [5.74, 6) is 0.0292. The Hall–Kier alpha value is -2.18. The van der Waals surface area contributed by atoms with Crippen LogP contribution in [0, 0.1) is 5.92 Å². The predicted molar refractivity (Wildman–Crippen MR) is 102 cm³/mol. The maximum absolute atomic E-state index is 12.3. The van der Waals surface area contributed by atoms with Gasteiger partial charge in [0, 0.05) is 23.5 Å². The highest BCUT2D eigenvalue weighted by molar-refractivity contribution is 7.09. The third kappa shape index (κ3) is 4.93. The van der Waals surface area contributed by atoms with Crippen LogP contribution in [0.15, 0.2) is 41.8 Å². The van der Waals surface area contributed by atoms with Gasteiger partial charge in [-0.3, -0.25) is 9.69 Å². The Balaban J connectivity index is 1.41. The van der Waals surface area contributed by atoms with Crippen molar-refractivity contribution in [2.75, 3.05) is 26.7 Å². The lowest BCUT2D eigenvalue weighted by Gasteiger charge is -2.31. The van der Waals surface area contributed by atoms with Crippen molar-refractivity contribution < 1.29 is 14.3 Å². The molecule has 0 bridgehead atoms. The molecule has 26 heavy (non-hydrogen) atoms. The third-order valence-corrected chi connectivity index (χ3v) is 5.65. The number of esters is 1. The molecule has 6 heteroatoms. The highest BCUT2D eigenvalue weighted by Gasteiger charge is 2.20. The molecule has 0 atom stereocenters. The van der Waals surface area contributed by atoms with E-state index in [-0.39, 0.29) is 5.91 Å². The maximum atomic E-state index is 12.3. The number of likely N-dealkylation sites (tertiary alicyclic amines) is 1. The van der Waals surface area contributed by atoms with Crippen LogP contribution in [0.3, 0.4) is 0 Å². The number of piperidine rings is 1. The van der Waals surface area contributed by atoms with E-state index in [2.05, 4.69) is 32.5 Å². The topological polar surface area (TPSA) is 58.6 Å². The molecule has 0 aliphatic carbocycles. The third-order valence-electron chi connectivity index (χ3n) is 4.79. The minimum atomic E-state index is -0.397. The molecule has 0 radical (unpaired) electrons. The highest BCUT2D eigenvalue weighted by Crippen LogP contribution is 2.20. The molecule has 1 fully saturated rings. The second-order valence-corrected chi connectivity index (χ2v) is 7.61. The lowest BCUT2D eigenvalue weighted by molar-refractivity contribution is 0.0600. The SMILES string of the molecule is COC(=O)c1ccc(C(=O)NCC2CCN(Cc3cccs3)CC2)cc1. The minimum Gasteiger partial charge on any atom is -0.465 e. The van der Waals surface area contributed by atoms with Gasteiger partial charge in [-0.25, -0.2) is 4.79 Å². The van der Waals surface area contributed by atoms with E-state index in [1.807, 2.05) is 0 Å². The molecule has 1 aliphatic rings. The van der Waals surface area contributed by atoms with Crippen LogP contribution in [0.4, 0.5) is 0 Å². The summed E-state index contributed by atoms with van der Waals surface area (Å²) >= 11 is 1.81. The number of hydrogen-bond donors (Lipinski definition) is 1. The van der Waals surface area contributed by atoms with Gasteiger partial charge in [-0.2, -0.15) is 0 Å². The van der Waals surface area contributed by atoms with Crippen LogP contribution in [-0.2, 0) is 11.3 Å². The van der Waals surface area contributed by atoms with E-state index < -0.39 is 5.97 Å². The van der Waals surface area contributed by atoms with Gasteiger partial charge in [-0.15, -0.1) is 11.3 Å². The molecule has 1 aliphatic heterocycles. The van der Waals surface area contributed by atoms with Crippen LogP contribution in [0.5, 0.6) is 0 Å². The Kier molecular flexibility index (Phi) is 6.41. The number of hydrogen-bond acceptors (Lipinski definition) is 5. The van der Waals surface area contributed by atoms with Gasteiger partial charge in [0.2, 0.25) is 0 Å².